The quantitative estimate of drug-likeness (QED) is 0.816. The number of phenolic OH excluding ortho intramolecular Hbond substituents is 1. The average molecular weight is 343 g/mol. The molecule has 0 fully saturated rings. The molecule has 0 spiro atoms. The van der Waals surface area contributed by atoms with E-state index in [0.717, 1.165) is 5.69 Å². The summed E-state index contributed by atoms with van der Waals surface area (Å²) in [6.07, 6.45) is 0. The van der Waals surface area contributed by atoms with Crippen LogP contribution in [0.2, 0.25) is 0 Å². The first kappa shape index (κ1) is 18.3. The van der Waals surface area contributed by atoms with E-state index < -0.39 is 12.6 Å². The summed E-state index contributed by atoms with van der Waals surface area (Å²) in [4.78, 5) is 26.1. The maximum atomic E-state index is 12.5. The summed E-state index contributed by atoms with van der Waals surface area (Å²) >= 11 is 0. The van der Waals surface area contributed by atoms with Crippen molar-refractivity contribution in [2.24, 2.45) is 0 Å². The van der Waals surface area contributed by atoms with Crippen molar-refractivity contribution >= 4 is 17.6 Å². The molecule has 0 aromatic heterocycles. The monoisotopic (exact) mass is 343 g/mol. The summed E-state index contributed by atoms with van der Waals surface area (Å²) in [7, 11) is 1.45. The molecule has 1 N–H and O–H groups in total. The van der Waals surface area contributed by atoms with Gasteiger partial charge >= 0.3 is 5.97 Å². The Labute approximate surface area is 146 Å². The van der Waals surface area contributed by atoms with E-state index in [2.05, 4.69) is 0 Å². The van der Waals surface area contributed by atoms with Crippen LogP contribution in [0.5, 0.6) is 11.5 Å². The van der Waals surface area contributed by atoms with Crippen LogP contribution < -0.4 is 9.64 Å². The number of para-hydroxylation sites is 1. The van der Waals surface area contributed by atoms with Gasteiger partial charge in [-0.25, -0.2) is 4.79 Å². The second-order valence-corrected chi connectivity index (χ2v) is 5.65. The van der Waals surface area contributed by atoms with Gasteiger partial charge in [0.15, 0.2) is 6.61 Å². The molecule has 0 radical (unpaired) electrons. The number of methoxy groups -OCH3 is 1. The standard InChI is InChI=1S/C19H21NO5/c1-13(2)20(14-7-5-4-6-8-14)18(22)12-25-19(23)16-10-9-15(24-3)11-17(16)21/h4-11,13,21H,12H2,1-3H3. The molecule has 132 valence electrons. The second-order valence-electron chi connectivity index (χ2n) is 5.65. The number of rotatable bonds is 6. The normalized spacial score (nSPS) is 10.4. The van der Waals surface area contributed by atoms with Crippen LogP contribution in [0.3, 0.4) is 0 Å². The number of hydrogen-bond acceptors (Lipinski definition) is 5. The van der Waals surface area contributed by atoms with Crippen LogP contribution in [0.15, 0.2) is 48.5 Å². The number of ether oxygens (including phenoxy) is 2. The van der Waals surface area contributed by atoms with E-state index in [1.807, 2.05) is 44.2 Å². The summed E-state index contributed by atoms with van der Waals surface area (Å²) < 4.78 is 10.0. The third kappa shape index (κ3) is 4.50. The minimum Gasteiger partial charge on any atom is -0.507 e. The molecule has 2 aromatic rings. The lowest BCUT2D eigenvalue weighted by atomic mass is 10.2. The first-order valence-electron chi connectivity index (χ1n) is 7.85. The van der Waals surface area contributed by atoms with E-state index in [0.29, 0.717) is 5.75 Å². The van der Waals surface area contributed by atoms with Crippen molar-refractivity contribution < 1.29 is 24.2 Å². The van der Waals surface area contributed by atoms with Gasteiger partial charge in [0.1, 0.15) is 17.1 Å². The zero-order valence-corrected chi connectivity index (χ0v) is 14.4. The number of carbonyl (C=O) groups is 2. The van der Waals surface area contributed by atoms with Crippen molar-refractivity contribution in [1.82, 2.24) is 0 Å². The molecule has 0 aliphatic heterocycles. The lowest BCUT2D eigenvalue weighted by Gasteiger charge is -2.26. The molecule has 0 aliphatic carbocycles. The van der Waals surface area contributed by atoms with Crippen molar-refractivity contribution in [1.29, 1.82) is 0 Å². The molecule has 6 heteroatoms. The van der Waals surface area contributed by atoms with Crippen LogP contribution in [0, 0.1) is 0 Å². The summed E-state index contributed by atoms with van der Waals surface area (Å²) in [5.41, 5.74) is 0.704. The molecule has 1 amide bonds. The number of phenols is 1. The van der Waals surface area contributed by atoms with Crippen molar-refractivity contribution in [3.63, 3.8) is 0 Å². The van der Waals surface area contributed by atoms with Crippen molar-refractivity contribution in [3.05, 3.63) is 54.1 Å². The average Bonchev–Trinajstić information content (AvgIpc) is 2.60. The van der Waals surface area contributed by atoms with Gasteiger partial charge < -0.3 is 19.5 Å². The highest BCUT2D eigenvalue weighted by Crippen LogP contribution is 2.24. The molecule has 2 aromatic carbocycles. The maximum Gasteiger partial charge on any atom is 0.342 e. The van der Waals surface area contributed by atoms with Gasteiger partial charge in [0, 0.05) is 17.8 Å². The Bertz CT molecular complexity index is 743. The van der Waals surface area contributed by atoms with E-state index in [1.165, 1.54) is 25.3 Å². The molecule has 0 heterocycles. The van der Waals surface area contributed by atoms with Crippen molar-refractivity contribution in [2.75, 3.05) is 18.6 Å². The molecule has 0 atom stereocenters. The highest BCUT2D eigenvalue weighted by atomic mass is 16.5. The zero-order chi connectivity index (χ0) is 18.4. The zero-order valence-electron chi connectivity index (χ0n) is 14.4. The first-order chi connectivity index (χ1) is 11.9. The van der Waals surface area contributed by atoms with Gasteiger partial charge in [0.05, 0.1) is 7.11 Å². The van der Waals surface area contributed by atoms with Crippen LogP contribution in [0.1, 0.15) is 24.2 Å². The number of esters is 1. The SMILES string of the molecule is COc1ccc(C(=O)OCC(=O)N(c2ccccc2)C(C)C)c(O)c1. The fourth-order valence-electron chi connectivity index (χ4n) is 2.40. The molecule has 0 saturated carbocycles. The third-order valence-electron chi connectivity index (χ3n) is 3.57. The fourth-order valence-corrected chi connectivity index (χ4v) is 2.40. The number of carbonyl (C=O) groups excluding carboxylic acids is 2. The number of nitrogens with zero attached hydrogens (tertiary/aromatic N) is 1. The molecule has 0 aliphatic rings. The molecule has 25 heavy (non-hydrogen) atoms. The number of anilines is 1. The van der Waals surface area contributed by atoms with E-state index in [9.17, 15) is 14.7 Å². The van der Waals surface area contributed by atoms with Gasteiger partial charge in [0.25, 0.3) is 5.91 Å². The van der Waals surface area contributed by atoms with Crippen molar-refractivity contribution in [2.45, 2.75) is 19.9 Å². The summed E-state index contributed by atoms with van der Waals surface area (Å²) in [5, 5.41) is 9.86. The molecule has 0 unspecified atom stereocenters. The number of aromatic hydroxyl groups is 1. The van der Waals surface area contributed by atoms with E-state index in [-0.39, 0.29) is 23.3 Å². The highest BCUT2D eigenvalue weighted by Gasteiger charge is 2.21. The Morgan fingerprint density at radius 1 is 1.12 bits per heavy atom. The van der Waals surface area contributed by atoms with E-state index >= 15 is 0 Å². The minimum absolute atomic E-state index is 0.0237. The lowest BCUT2D eigenvalue weighted by molar-refractivity contribution is -0.122. The molecule has 2 rings (SSSR count). The summed E-state index contributed by atoms with van der Waals surface area (Å²) in [6, 6.07) is 13.3. The number of amides is 1. The van der Waals surface area contributed by atoms with E-state index in [4.69, 9.17) is 9.47 Å². The lowest BCUT2D eigenvalue weighted by Crippen LogP contribution is -2.39. The largest absolute Gasteiger partial charge is 0.507 e. The summed E-state index contributed by atoms with van der Waals surface area (Å²) in [5.74, 6) is -0.964. The Morgan fingerprint density at radius 3 is 2.36 bits per heavy atom. The van der Waals surface area contributed by atoms with Gasteiger partial charge in [-0.3, -0.25) is 4.79 Å². The fraction of sp³-hybridized carbons (Fsp3) is 0.263. The van der Waals surface area contributed by atoms with Gasteiger partial charge in [-0.2, -0.15) is 0 Å². The van der Waals surface area contributed by atoms with Crippen LogP contribution in [0.25, 0.3) is 0 Å². The van der Waals surface area contributed by atoms with Gasteiger partial charge in [-0.1, -0.05) is 18.2 Å². The highest BCUT2D eigenvalue weighted by molar-refractivity contribution is 5.98. The van der Waals surface area contributed by atoms with Crippen LogP contribution in [-0.2, 0) is 9.53 Å². The predicted octanol–water partition coefficient (Wildman–Crippen LogP) is 3.00. The van der Waals surface area contributed by atoms with Crippen LogP contribution >= 0.6 is 0 Å². The Kier molecular flexibility index (Phi) is 6.00. The topological polar surface area (TPSA) is 76.1 Å². The van der Waals surface area contributed by atoms with Gasteiger partial charge in [0.2, 0.25) is 0 Å². The second kappa shape index (κ2) is 8.19. The summed E-state index contributed by atoms with van der Waals surface area (Å²) in [6.45, 7) is 3.33. The predicted molar refractivity (Wildman–Crippen MR) is 94.0 cm³/mol. The van der Waals surface area contributed by atoms with Crippen LogP contribution in [-0.4, -0.2) is 36.7 Å². The molecular formula is C19H21NO5. The number of hydrogen-bond donors (Lipinski definition) is 1. The molecule has 0 bridgehead atoms. The minimum atomic E-state index is -0.773. The smallest absolute Gasteiger partial charge is 0.342 e. The first-order valence-corrected chi connectivity index (χ1v) is 7.85. The molecular weight excluding hydrogens is 322 g/mol. The maximum absolute atomic E-state index is 12.5. The Balaban J connectivity index is 2.06. The third-order valence-corrected chi connectivity index (χ3v) is 3.57. The van der Waals surface area contributed by atoms with E-state index in [1.54, 1.807) is 4.90 Å². The van der Waals surface area contributed by atoms with Crippen LogP contribution in [0.4, 0.5) is 5.69 Å². The van der Waals surface area contributed by atoms with Gasteiger partial charge in [-0.05, 0) is 38.1 Å². The van der Waals surface area contributed by atoms with Gasteiger partial charge in [-0.15, -0.1) is 0 Å². The van der Waals surface area contributed by atoms with Crippen molar-refractivity contribution in [3.8, 4) is 11.5 Å². The molecule has 0 saturated heterocycles. The number of benzene rings is 2. The Morgan fingerprint density at radius 2 is 1.80 bits per heavy atom. The Hall–Kier alpha value is -3.02. The molecule has 6 nitrogen and oxygen atoms in total.